The Kier molecular flexibility index (Phi) is 49.8. The van der Waals surface area contributed by atoms with Crippen molar-refractivity contribution in [3.8, 4) is 0 Å². The molecule has 63 heavy (non-hydrogen) atoms. The van der Waals surface area contributed by atoms with Gasteiger partial charge in [0.05, 0.1) is 0 Å². The summed E-state index contributed by atoms with van der Waals surface area (Å²) in [6.07, 6.45) is 62.6. The third-order valence-electron chi connectivity index (χ3n) is 11.8. The van der Waals surface area contributed by atoms with Gasteiger partial charge in [-0.1, -0.05) is 230 Å². The topological polar surface area (TPSA) is 78.9 Å². The molecule has 0 bridgehead atoms. The van der Waals surface area contributed by atoms with Gasteiger partial charge >= 0.3 is 17.9 Å². The van der Waals surface area contributed by atoms with Crippen LogP contribution in [0.5, 0.6) is 0 Å². The van der Waals surface area contributed by atoms with E-state index in [1.165, 1.54) is 154 Å². The van der Waals surface area contributed by atoms with Gasteiger partial charge in [0.2, 0.25) is 0 Å². The van der Waals surface area contributed by atoms with Gasteiger partial charge in [0, 0.05) is 19.3 Å². The molecule has 0 aliphatic carbocycles. The van der Waals surface area contributed by atoms with Crippen molar-refractivity contribution >= 4 is 17.9 Å². The summed E-state index contributed by atoms with van der Waals surface area (Å²) in [6, 6.07) is 0. The highest BCUT2D eigenvalue weighted by atomic mass is 16.6. The van der Waals surface area contributed by atoms with Crippen LogP contribution in [-0.4, -0.2) is 37.2 Å². The van der Waals surface area contributed by atoms with Gasteiger partial charge in [-0.3, -0.25) is 14.4 Å². The summed E-state index contributed by atoms with van der Waals surface area (Å²) in [5.74, 6) is -0.886. The van der Waals surface area contributed by atoms with Crippen molar-refractivity contribution in [3.05, 3.63) is 48.6 Å². The van der Waals surface area contributed by atoms with Crippen LogP contribution in [-0.2, 0) is 28.6 Å². The van der Waals surface area contributed by atoms with Gasteiger partial charge in [-0.2, -0.15) is 0 Å². The van der Waals surface area contributed by atoms with Gasteiger partial charge in [0.1, 0.15) is 13.2 Å². The van der Waals surface area contributed by atoms with E-state index in [1.807, 2.05) is 0 Å². The number of esters is 3. The average molecular weight is 883 g/mol. The minimum Gasteiger partial charge on any atom is -0.462 e. The fraction of sp³-hybridized carbons (Fsp3) is 0.807. The summed E-state index contributed by atoms with van der Waals surface area (Å²) in [4.78, 5) is 37.9. The molecule has 6 heteroatoms. The van der Waals surface area contributed by atoms with E-state index in [0.29, 0.717) is 19.3 Å². The Bertz CT molecular complexity index is 1110. The second kappa shape index (κ2) is 52.0. The van der Waals surface area contributed by atoms with Crippen molar-refractivity contribution in [3.63, 3.8) is 0 Å². The minimum atomic E-state index is -0.775. The van der Waals surface area contributed by atoms with Crippen LogP contribution in [0.1, 0.15) is 278 Å². The molecule has 0 amide bonds. The molecule has 0 aliphatic rings. The summed E-state index contributed by atoms with van der Waals surface area (Å²) in [5, 5.41) is 0. The number of carbonyl (C=O) groups is 3. The van der Waals surface area contributed by atoms with Crippen molar-refractivity contribution in [2.24, 2.45) is 0 Å². The first kappa shape index (κ1) is 60.4. The minimum absolute atomic E-state index is 0.0764. The van der Waals surface area contributed by atoms with Gasteiger partial charge in [0.15, 0.2) is 6.10 Å². The maximum Gasteiger partial charge on any atom is 0.306 e. The third-order valence-corrected chi connectivity index (χ3v) is 11.8. The van der Waals surface area contributed by atoms with Crippen molar-refractivity contribution in [2.45, 2.75) is 284 Å². The Hall–Kier alpha value is -2.63. The number of ether oxygens (including phenoxy) is 3. The molecule has 0 aromatic heterocycles. The Morgan fingerprint density at radius 3 is 0.984 bits per heavy atom. The fourth-order valence-electron chi connectivity index (χ4n) is 7.75. The van der Waals surface area contributed by atoms with E-state index in [1.54, 1.807) is 0 Å². The van der Waals surface area contributed by atoms with E-state index >= 15 is 0 Å². The van der Waals surface area contributed by atoms with E-state index in [9.17, 15) is 14.4 Å². The van der Waals surface area contributed by atoms with Gasteiger partial charge < -0.3 is 14.2 Å². The van der Waals surface area contributed by atoms with E-state index in [-0.39, 0.29) is 31.1 Å². The Labute approximate surface area is 390 Å². The van der Waals surface area contributed by atoms with Crippen LogP contribution in [0.25, 0.3) is 0 Å². The molecule has 0 aliphatic heterocycles. The van der Waals surface area contributed by atoms with Crippen LogP contribution in [0.3, 0.4) is 0 Å². The lowest BCUT2D eigenvalue weighted by atomic mass is 10.1. The van der Waals surface area contributed by atoms with Crippen LogP contribution in [0.4, 0.5) is 0 Å². The SMILES string of the molecule is CC/C=C\C/C=C\C/C=C\CCCCCCCCCC(=O)OC(COC(=O)CCCCCCCCC)COC(=O)CCCCCCCCCCC/C=C\CCCCCCCCCC. The molecule has 366 valence electrons. The highest BCUT2D eigenvalue weighted by Crippen LogP contribution is 2.15. The molecule has 1 atom stereocenters. The fourth-order valence-corrected chi connectivity index (χ4v) is 7.75. The number of hydrogen-bond acceptors (Lipinski definition) is 6. The zero-order valence-corrected chi connectivity index (χ0v) is 41.8. The summed E-state index contributed by atoms with van der Waals surface area (Å²) >= 11 is 0. The number of unbranched alkanes of at least 4 members (excludes halogenated alkanes) is 30. The first-order chi connectivity index (χ1) is 31.0. The number of allylic oxidation sites excluding steroid dienone is 8. The van der Waals surface area contributed by atoms with E-state index in [4.69, 9.17) is 14.2 Å². The first-order valence-electron chi connectivity index (χ1n) is 27.1. The molecule has 0 N–H and O–H groups in total. The van der Waals surface area contributed by atoms with Crippen LogP contribution in [0.15, 0.2) is 48.6 Å². The molecular weight excluding hydrogens is 781 g/mol. The molecule has 6 nitrogen and oxygen atoms in total. The smallest absolute Gasteiger partial charge is 0.306 e. The Balaban J connectivity index is 4.21. The van der Waals surface area contributed by atoms with Crippen molar-refractivity contribution < 1.29 is 28.6 Å². The summed E-state index contributed by atoms with van der Waals surface area (Å²) < 4.78 is 16.8. The number of hydrogen-bond donors (Lipinski definition) is 0. The zero-order chi connectivity index (χ0) is 45.8. The largest absolute Gasteiger partial charge is 0.462 e. The lowest BCUT2D eigenvalue weighted by Gasteiger charge is -2.18. The summed E-state index contributed by atoms with van der Waals surface area (Å²) in [5.41, 5.74) is 0. The van der Waals surface area contributed by atoms with Gasteiger partial charge in [0.25, 0.3) is 0 Å². The highest BCUT2D eigenvalue weighted by Gasteiger charge is 2.19. The number of rotatable bonds is 49. The van der Waals surface area contributed by atoms with E-state index in [0.717, 1.165) is 83.5 Å². The predicted octanol–water partition coefficient (Wildman–Crippen LogP) is 17.9. The molecule has 0 rings (SSSR count). The zero-order valence-electron chi connectivity index (χ0n) is 41.8. The lowest BCUT2D eigenvalue weighted by molar-refractivity contribution is -0.167. The summed E-state index contributed by atoms with van der Waals surface area (Å²) in [7, 11) is 0. The third kappa shape index (κ3) is 50.2. The van der Waals surface area contributed by atoms with Crippen molar-refractivity contribution in [2.75, 3.05) is 13.2 Å². The molecule has 0 spiro atoms. The van der Waals surface area contributed by atoms with Gasteiger partial charge in [-0.05, 0) is 77.0 Å². The molecular formula is C57H102O6. The highest BCUT2D eigenvalue weighted by molar-refractivity contribution is 5.71. The number of carbonyl (C=O) groups excluding carboxylic acids is 3. The van der Waals surface area contributed by atoms with Gasteiger partial charge in [-0.25, -0.2) is 0 Å². The Morgan fingerprint density at radius 2 is 0.619 bits per heavy atom. The standard InChI is InChI=1S/C57H102O6/c1-4-7-10-13-16-18-20-22-24-26-27-28-29-31-32-34-36-38-41-44-47-50-56(59)62-53-54(52-61-55(58)49-46-43-40-15-12-9-6-3)63-57(60)51-48-45-42-39-37-35-33-30-25-23-21-19-17-14-11-8-5-2/h8,11,17,19,23,25-27,54H,4-7,9-10,12-16,18,20-22,24,28-53H2,1-3H3/b11-8-,19-17-,25-23-,27-26-. The molecule has 0 fully saturated rings. The van der Waals surface area contributed by atoms with Crippen molar-refractivity contribution in [1.82, 2.24) is 0 Å². The molecule has 0 radical (unpaired) electrons. The first-order valence-corrected chi connectivity index (χ1v) is 27.1. The maximum absolute atomic E-state index is 12.8. The maximum atomic E-state index is 12.8. The predicted molar refractivity (Wildman–Crippen MR) is 270 cm³/mol. The molecule has 0 aromatic rings. The second-order valence-corrected chi connectivity index (χ2v) is 18.1. The molecule has 0 saturated heterocycles. The van der Waals surface area contributed by atoms with Crippen LogP contribution in [0.2, 0.25) is 0 Å². The molecule has 0 saturated carbocycles. The Morgan fingerprint density at radius 1 is 0.333 bits per heavy atom. The lowest BCUT2D eigenvalue weighted by Crippen LogP contribution is -2.30. The average Bonchev–Trinajstić information content (AvgIpc) is 3.28. The van der Waals surface area contributed by atoms with Crippen LogP contribution >= 0.6 is 0 Å². The van der Waals surface area contributed by atoms with Crippen LogP contribution in [0, 0.1) is 0 Å². The molecule has 1 unspecified atom stereocenters. The van der Waals surface area contributed by atoms with E-state index < -0.39 is 6.10 Å². The normalized spacial score (nSPS) is 12.4. The van der Waals surface area contributed by atoms with E-state index in [2.05, 4.69) is 69.4 Å². The molecule has 0 aromatic carbocycles. The molecule has 0 heterocycles. The van der Waals surface area contributed by atoms with Crippen molar-refractivity contribution in [1.29, 1.82) is 0 Å². The quantitative estimate of drug-likeness (QED) is 0.0262. The monoisotopic (exact) mass is 883 g/mol. The summed E-state index contributed by atoms with van der Waals surface area (Å²) in [6.45, 7) is 6.50. The van der Waals surface area contributed by atoms with Gasteiger partial charge in [-0.15, -0.1) is 0 Å². The second-order valence-electron chi connectivity index (χ2n) is 18.1. The van der Waals surface area contributed by atoms with Crippen LogP contribution < -0.4 is 0 Å².